The molecule has 2 bridgehead atoms. The fourth-order valence-electron chi connectivity index (χ4n) is 2.60. The summed E-state index contributed by atoms with van der Waals surface area (Å²) in [7, 11) is 0. The Bertz CT molecular complexity index is 246. The van der Waals surface area contributed by atoms with Gasteiger partial charge in [-0.05, 0) is 19.3 Å². The van der Waals surface area contributed by atoms with Crippen LogP contribution >= 0.6 is 0 Å². The fourth-order valence-corrected chi connectivity index (χ4v) is 2.60. The number of carbonyl (C=O) groups is 2. The Labute approximate surface area is 76.5 Å². The van der Waals surface area contributed by atoms with Gasteiger partial charge in [0, 0.05) is 19.0 Å². The molecule has 2 saturated heterocycles. The van der Waals surface area contributed by atoms with Gasteiger partial charge in [-0.1, -0.05) is 0 Å². The molecule has 72 valence electrons. The number of piperidine rings is 1. The predicted molar refractivity (Wildman–Crippen MR) is 45.1 cm³/mol. The van der Waals surface area contributed by atoms with Crippen molar-refractivity contribution >= 4 is 11.9 Å². The Balaban J connectivity index is 2.12. The van der Waals surface area contributed by atoms with Crippen LogP contribution in [0.2, 0.25) is 0 Å². The maximum absolute atomic E-state index is 11.1. The molecule has 1 aliphatic carbocycles. The summed E-state index contributed by atoms with van der Waals surface area (Å²) in [6.45, 7) is 1.52. The minimum Gasteiger partial charge on any atom is -0.481 e. The van der Waals surface area contributed by atoms with Gasteiger partial charge in [0.25, 0.3) is 0 Å². The molecule has 2 aliphatic heterocycles. The van der Waals surface area contributed by atoms with Gasteiger partial charge in [0.2, 0.25) is 5.91 Å². The lowest BCUT2D eigenvalue weighted by atomic mass is 9.72. The third kappa shape index (κ3) is 1.12. The highest BCUT2D eigenvalue weighted by atomic mass is 16.4. The molecule has 0 radical (unpaired) electrons. The first-order chi connectivity index (χ1) is 6.11. The molecule has 0 unspecified atom stereocenters. The number of hydrogen-bond donors (Lipinski definition) is 1. The summed E-state index contributed by atoms with van der Waals surface area (Å²) >= 11 is 0. The largest absolute Gasteiger partial charge is 0.481 e. The van der Waals surface area contributed by atoms with E-state index in [0.29, 0.717) is 6.04 Å². The highest BCUT2D eigenvalue weighted by Crippen LogP contribution is 2.41. The van der Waals surface area contributed by atoms with E-state index in [4.69, 9.17) is 5.11 Å². The van der Waals surface area contributed by atoms with Crippen molar-refractivity contribution in [2.75, 3.05) is 0 Å². The smallest absolute Gasteiger partial charge is 0.308 e. The summed E-state index contributed by atoms with van der Waals surface area (Å²) in [6.07, 6.45) is 2.47. The molecule has 13 heavy (non-hydrogen) atoms. The van der Waals surface area contributed by atoms with E-state index < -0.39 is 5.97 Å². The second-order valence-corrected chi connectivity index (χ2v) is 3.91. The van der Waals surface area contributed by atoms with E-state index in [0.717, 1.165) is 19.3 Å². The minimum atomic E-state index is -0.755. The number of aliphatic carboxylic acids is 1. The lowest BCUT2D eigenvalue weighted by molar-refractivity contribution is -0.164. The molecule has 1 saturated carbocycles. The lowest BCUT2D eigenvalue weighted by Crippen LogP contribution is -2.65. The third-order valence-corrected chi connectivity index (χ3v) is 3.22. The van der Waals surface area contributed by atoms with E-state index in [9.17, 15) is 9.59 Å². The van der Waals surface area contributed by atoms with Crippen molar-refractivity contribution in [3.8, 4) is 0 Å². The van der Waals surface area contributed by atoms with Gasteiger partial charge in [0.1, 0.15) is 0 Å². The quantitative estimate of drug-likeness (QED) is 0.643. The highest BCUT2D eigenvalue weighted by molar-refractivity contribution is 5.78. The number of carboxylic acid groups (broad SMARTS) is 1. The lowest BCUT2D eigenvalue weighted by Gasteiger charge is -2.55. The van der Waals surface area contributed by atoms with Crippen LogP contribution in [-0.4, -0.2) is 34.0 Å². The molecule has 4 heteroatoms. The van der Waals surface area contributed by atoms with E-state index >= 15 is 0 Å². The topological polar surface area (TPSA) is 57.6 Å². The van der Waals surface area contributed by atoms with Crippen molar-refractivity contribution in [3.63, 3.8) is 0 Å². The number of carboxylic acids is 1. The average Bonchev–Trinajstić information content (AvgIpc) is 2.02. The molecule has 3 aliphatic rings. The average molecular weight is 183 g/mol. The Hall–Kier alpha value is -1.06. The van der Waals surface area contributed by atoms with E-state index in [1.54, 1.807) is 4.90 Å². The monoisotopic (exact) mass is 183 g/mol. The molecule has 0 spiro atoms. The number of amides is 1. The molecule has 1 amide bonds. The first kappa shape index (κ1) is 8.53. The molecule has 0 aromatic carbocycles. The summed E-state index contributed by atoms with van der Waals surface area (Å²) in [6, 6.07) is 0.312. The first-order valence-electron chi connectivity index (χ1n) is 4.63. The third-order valence-electron chi connectivity index (χ3n) is 3.22. The van der Waals surface area contributed by atoms with Crippen molar-refractivity contribution in [3.05, 3.63) is 0 Å². The number of rotatable bonds is 1. The van der Waals surface area contributed by atoms with Gasteiger partial charge >= 0.3 is 5.97 Å². The van der Waals surface area contributed by atoms with Crippen LogP contribution < -0.4 is 0 Å². The highest BCUT2D eigenvalue weighted by Gasteiger charge is 2.50. The van der Waals surface area contributed by atoms with Crippen molar-refractivity contribution in [1.82, 2.24) is 4.90 Å². The van der Waals surface area contributed by atoms with Crippen LogP contribution in [0.5, 0.6) is 0 Å². The first-order valence-corrected chi connectivity index (χ1v) is 4.63. The second-order valence-electron chi connectivity index (χ2n) is 3.91. The molecule has 2 heterocycles. The van der Waals surface area contributed by atoms with E-state index in [1.165, 1.54) is 6.92 Å². The number of nitrogens with zero attached hydrogens (tertiary/aromatic N) is 1. The summed E-state index contributed by atoms with van der Waals surface area (Å²) in [5, 5.41) is 8.89. The van der Waals surface area contributed by atoms with Crippen molar-refractivity contribution in [1.29, 1.82) is 0 Å². The molecule has 0 aromatic heterocycles. The van der Waals surface area contributed by atoms with Crippen LogP contribution in [0.25, 0.3) is 0 Å². The summed E-state index contributed by atoms with van der Waals surface area (Å²) in [5.41, 5.74) is 0. The van der Waals surface area contributed by atoms with E-state index in [1.807, 2.05) is 0 Å². The molecule has 3 fully saturated rings. The molecular weight excluding hydrogens is 170 g/mol. The van der Waals surface area contributed by atoms with Gasteiger partial charge < -0.3 is 10.0 Å². The Morgan fingerprint density at radius 1 is 1.38 bits per heavy atom. The van der Waals surface area contributed by atoms with Crippen LogP contribution in [0.1, 0.15) is 26.2 Å². The molecule has 1 N–H and O–H groups in total. The van der Waals surface area contributed by atoms with E-state index in [-0.39, 0.29) is 17.9 Å². The van der Waals surface area contributed by atoms with Gasteiger partial charge in [0.05, 0.1) is 5.92 Å². The van der Waals surface area contributed by atoms with Gasteiger partial charge in [0.15, 0.2) is 0 Å². The zero-order chi connectivity index (χ0) is 9.59. The van der Waals surface area contributed by atoms with Crippen LogP contribution in [0.15, 0.2) is 0 Å². The standard InChI is InChI=1S/C9H13NO3/c1-5(11)10-6-2-3-7(9(12)13)8(10)4-6/h6-8H,2-4H2,1H3,(H,12,13)/t6-,7-,8-/m0/s1. The zero-order valence-corrected chi connectivity index (χ0v) is 7.56. The van der Waals surface area contributed by atoms with Crippen molar-refractivity contribution < 1.29 is 14.7 Å². The van der Waals surface area contributed by atoms with Crippen molar-refractivity contribution in [2.45, 2.75) is 38.3 Å². The Kier molecular flexibility index (Phi) is 1.78. The summed E-state index contributed by atoms with van der Waals surface area (Å²) < 4.78 is 0. The molecule has 3 rings (SSSR count). The van der Waals surface area contributed by atoms with Crippen molar-refractivity contribution in [2.24, 2.45) is 5.92 Å². The van der Waals surface area contributed by atoms with Crippen LogP contribution in [-0.2, 0) is 9.59 Å². The number of carbonyl (C=O) groups excluding carboxylic acids is 1. The Morgan fingerprint density at radius 3 is 2.54 bits per heavy atom. The molecule has 0 aromatic rings. The van der Waals surface area contributed by atoms with Crippen LogP contribution in [0.4, 0.5) is 0 Å². The molecular formula is C9H13NO3. The Morgan fingerprint density at radius 2 is 2.08 bits per heavy atom. The summed E-state index contributed by atoms with van der Waals surface area (Å²) in [5.74, 6) is -1.06. The zero-order valence-electron chi connectivity index (χ0n) is 7.56. The van der Waals surface area contributed by atoms with E-state index in [2.05, 4.69) is 0 Å². The van der Waals surface area contributed by atoms with Gasteiger partial charge in [-0.15, -0.1) is 0 Å². The second kappa shape index (κ2) is 2.72. The SMILES string of the molecule is CC(=O)N1[C@H]2CC[C@H](C(=O)O)[C@@H]1C2. The van der Waals surface area contributed by atoms with Gasteiger partial charge in [-0.2, -0.15) is 0 Å². The van der Waals surface area contributed by atoms with Gasteiger partial charge in [-0.3, -0.25) is 9.59 Å². The minimum absolute atomic E-state index is 0.0197. The van der Waals surface area contributed by atoms with Crippen LogP contribution in [0, 0.1) is 5.92 Å². The van der Waals surface area contributed by atoms with Crippen LogP contribution in [0.3, 0.4) is 0 Å². The maximum atomic E-state index is 11.1. The molecule has 3 atom stereocenters. The molecule has 4 nitrogen and oxygen atoms in total. The number of fused-ring (bicyclic) bond motifs is 2. The summed E-state index contributed by atoms with van der Waals surface area (Å²) in [4.78, 5) is 23.7. The maximum Gasteiger partial charge on any atom is 0.308 e. The normalized spacial score (nSPS) is 36.7. The predicted octanol–water partition coefficient (Wildman–Crippen LogP) is 0.470. The number of hydrogen-bond acceptors (Lipinski definition) is 2. The van der Waals surface area contributed by atoms with Gasteiger partial charge in [-0.25, -0.2) is 0 Å². The fraction of sp³-hybridized carbons (Fsp3) is 0.778.